The number of nitrogens with one attached hydrogen (secondary N) is 1. The normalized spacial score (nSPS) is 17.8. The van der Waals surface area contributed by atoms with E-state index in [2.05, 4.69) is 10.2 Å². The highest BCUT2D eigenvalue weighted by Gasteiger charge is 2.24. The van der Waals surface area contributed by atoms with Gasteiger partial charge in [-0.15, -0.1) is 12.4 Å². The van der Waals surface area contributed by atoms with E-state index in [-0.39, 0.29) is 30.6 Å². The summed E-state index contributed by atoms with van der Waals surface area (Å²) < 4.78 is 26.5. The van der Waals surface area contributed by atoms with Crippen molar-refractivity contribution >= 4 is 12.4 Å². The molecular weight excluding hydrogens is 274 g/mol. The van der Waals surface area contributed by atoms with Crippen LogP contribution in [0.1, 0.15) is 18.0 Å². The van der Waals surface area contributed by atoms with Gasteiger partial charge >= 0.3 is 0 Å². The lowest BCUT2D eigenvalue weighted by molar-refractivity contribution is 0.154. The molecule has 0 bridgehead atoms. The molecule has 1 aliphatic rings. The van der Waals surface area contributed by atoms with Crippen LogP contribution in [0.15, 0.2) is 18.2 Å². The van der Waals surface area contributed by atoms with Crippen molar-refractivity contribution in [2.75, 3.05) is 32.9 Å². The summed E-state index contributed by atoms with van der Waals surface area (Å²) in [6, 6.07) is 3.83. The van der Waals surface area contributed by atoms with Crippen LogP contribution in [0.4, 0.5) is 8.78 Å². The van der Waals surface area contributed by atoms with Crippen LogP contribution >= 0.6 is 12.4 Å². The van der Waals surface area contributed by atoms with Crippen molar-refractivity contribution in [3.8, 4) is 5.75 Å². The predicted octanol–water partition coefficient (Wildman–Crippen LogP) is 2.26. The molecule has 0 radical (unpaired) electrons. The van der Waals surface area contributed by atoms with Crippen LogP contribution in [0.25, 0.3) is 0 Å². The van der Waals surface area contributed by atoms with E-state index in [1.165, 1.54) is 6.07 Å². The number of rotatable bonds is 4. The van der Waals surface area contributed by atoms with E-state index in [9.17, 15) is 13.9 Å². The molecule has 0 aromatic heterocycles. The molecule has 3 nitrogen and oxygen atoms in total. The van der Waals surface area contributed by atoms with Gasteiger partial charge in [0.2, 0.25) is 0 Å². The average Bonchev–Trinajstić information content (AvgIpc) is 2.38. The Morgan fingerprint density at radius 2 is 2.00 bits per heavy atom. The number of nitrogens with zero attached hydrogens (tertiary/aromatic N) is 1. The largest absolute Gasteiger partial charge is 0.508 e. The summed E-state index contributed by atoms with van der Waals surface area (Å²) in [6.07, 6.45) is 0.279. The average molecular weight is 293 g/mol. The number of phenolic OH excluding ortho intramolecular Hbond substituents is 1. The minimum absolute atomic E-state index is 0. The molecule has 0 spiro atoms. The summed E-state index contributed by atoms with van der Waals surface area (Å²) in [5, 5.41) is 12.4. The van der Waals surface area contributed by atoms with Crippen molar-refractivity contribution in [1.82, 2.24) is 10.2 Å². The first-order valence-electron chi connectivity index (χ1n) is 6.21. The van der Waals surface area contributed by atoms with Gasteiger partial charge in [-0.3, -0.25) is 9.29 Å². The molecular formula is C13H19ClF2N2O. The Morgan fingerprint density at radius 1 is 1.32 bits per heavy atom. The molecule has 2 N–H and O–H groups in total. The molecule has 1 heterocycles. The number of hydrogen-bond acceptors (Lipinski definition) is 3. The zero-order chi connectivity index (χ0) is 13.0. The molecule has 6 heteroatoms. The lowest BCUT2D eigenvalue weighted by atomic mass is 10.0. The van der Waals surface area contributed by atoms with Crippen LogP contribution < -0.4 is 5.32 Å². The van der Waals surface area contributed by atoms with Gasteiger partial charge in [0.15, 0.2) is 0 Å². The maximum atomic E-state index is 13.9. The molecule has 1 saturated heterocycles. The third-order valence-corrected chi connectivity index (χ3v) is 3.32. The first-order valence-corrected chi connectivity index (χ1v) is 6.21. The van der Waals surface area contributed by atoms with Crippen LogP contribution in [-0.4, -0.2) is 42.9 Å². The zero-order valence-corrected chi connectivity index (χ0v) is 11.4. The van der Waals surface area contributed by atoms with Crippen molar-refractivity contribution in [1.29, 1.82) is 0 Å². The monoisotopic (exact) mass is 292 g/mol. The Hall–Kier alpha value is -0.910. The fraction of sp³-hybridized carbons (Fsp3) is 0.538. The molecule has 108 valence electrons. The van der Waals surface area contributed by atoms with Gasteiger partial charge in [0.05, 0.1) is 6.67 Å². The number of benzene rings is 1. The second-order valence-electron chi connectivity index (χ2n) is 4.49. The summed E-state index contributed by atoms with van der Waals surface area (Å²) in [5.74, 6) is -0.567. The third-order valence-electron chi connectivity index (χ3n) is 3.32. The number of halogens is 3. The van der Waals surface area contributed by atoms with Gasteiger partial charge in [0.1, 0.15) is 11.6 Å². The van der Waals surface area contributed by atoms with Crippen molar-refractivity contribution in [3.05, 3.63) is 29.6 Å². The van der Waals surface area contributed by atoms with Gasteiger partial charge in [-0.2, -0.15) is 0 Å². The van der Waals surface area contributed by atoms with Crippen LogP contribution in [0.5, 0.6) is 5.75 Å². The van der Waals surface area contributed by atoms with E-state index in [0.29, 0.717) is 5.56 Å². The molecule has 1 fully saturated rings. The Morgan fingerprint density at radius 3 is 2.58 bits per heavy atom. The maximum absolute atomic E-state index is 13.9. The first-order chi connectivity index (χ1) is 8.72. The van der Waals surface area contributed by atoms with Crippen LogP contribution in [0, 0.1) is 5.82 Å². The summed E-state index contributed by atoms with van der Waals surface area (Å²) in [4.78, 5) is 2.09. The zero-order valence-electron chi connectivity index (χ0n) is 10.6. The van der Waals surface area contributed by atoms with E-state index < -0.39 is 12.5 Å². The first kappa shape index (κ1) is 16.1. The number of hydrogen-bond donors (Lipinski definition) is 2. The molecule has 1 aromatic rings. The maximum Gasteiger partial charge on any atom is 0.131 e. The summed E-state index contributed by atoms with van der Waals surface area (Å²) >= 11 is 0. The Bertz CT molecular complexity index is 400. The number of phenols is 1. The minimum atomic E-state index is -0.477. The van der Waals surface area contributed by atoms with Crippen molar-refractivity contribution in [3.63, 3.8) is 0 Å². The fourth-order valence-electron chi connectivity index (χ4n) is 2.42. The SMILES string of the molecule is Cl.Oc1ccc([C@@H](CCF)N2CCNCC2)c(F)c1. The highest BCUT2D eigenvalue weighted by molar-refractivity contribution is 5.85. The quantitative estimate of drug-likeness (QED) is 0.893. The number of alkyl halides is 1. The standard InChI is InChI=1S/C13H18F2N2O.ClH/c14-4-3-13(17-7-5-16-6-8-17)11-2-1-10(18)9-12(11)15;/h1-2,9,13,16,18H,3-8H2;1H/t13-;/m1./s1. The highest BCUT2D eigenvalue weighted by atomic mass is 35.5. The fourth-order valence-corrected chi connectivity index (χ4v) is 2.42. The molecule has 1 aliphatic heterocycles. The molecule has 19 heavy (non-hydrogen) atoms. The predicted molar refractivity (Wildman–Crippen MR) is 73.1 cm³/mol. The Labute approximate surface area is 118 Å². The second-order valence-corrected chi connectivity index (χ2v) is 4.49. The molecule has 1 atom stereocenters. The molecule has 0 aliphatic carbocycles. The van der Waals surface area contributed by atoms with E-state index in [1.54, 1.807) is 6.07 Å². The summed E-state index contributed by atoms with van der Waals surface area (Å²) in [7, 11) is 0. The number of piperazine rings is 1. The van der Waals surface area contributed by atoms with Gasteiger partial charge in [-0.05, 0) is 12.5 Å². The van der Waals surface area contributed by atoms with E-state index in [1.807, 2.05) is 0 Å². The third kappa shape index (κ3) is 4.03. The smallest absolute Gasteiger partial charge is 0.131 e. The van der Waals surface area contributed by atoms with Crippen molar-refractivity contribution < 1.29 is 13.9 Å². The number of aromatic hydroxyl groups is 1. The van der Waals surface area contributed by atoms with E-state index in [0.717, 1.165) is 32.2 Å². The van der Waals surface area contributed by atoms with E-state index >= 15 is 0 Å². The molecule has 0 unspecified atom stereocenters. The lowest BCUT2D eigenvalue weighted by Crippen LogP contribution is -2.45. The Kier molecular flexibility index (Phi) is 6.48. The lowest BCUT2D eigenvalue weighted by Gasteiger charge is -2.35. The van der Waals surface area contributed by atoms with E-state index in [4.69, 9.17) is 0 Å². The molecule has 0 amide bonds. The van der Waals surface area contributed by atoms with Crippen molar-refractivity contribution in [2.45, 2.75) is 12.5 Å². The highest BCUT2D eigenvalue weighted by Crippen LogP contribution is 2.29. The topological polar surface area (TPSA) is 35.5 Å². The van der Waals surface area contributed by atoms with Crippen LogP contribution in [0.2, 0.25) is 0 Å². The van der Waals surface area contributed by atoms with Gasteiger partial charge in [-0.25, -0.2) is 4.39 Å². The van der Waals surface area contributed by atoms with Gasteiger partial charge in [0.25, 0.3) is 0 Å². The summed E-state index contributed by atoms with van der Waals surface area (Å²) in [6.45, 7) is 2.76. The second kappa shape index (κ2) is 7.62. The van der Waals surface area contributed by atoms with Crippen LogP contribution in [-0.2, 0) is 0 Å². The summed E-state index contributed by atoms with van der Waals surface area (Å²) in [5.41, 5.74) is 0.465. The Balaban J connectivity index is 0.00000180. The van der Waals surface area contributed by atoms with Gasteiger partial charge < -0.3 is 10.4 Å². The molecule has 0 saturated carbocycles. The van der Waals surface area contributed by atoms with Crippen LogP contribution in [0.3, 0.4) is 0 Å². The van der Waals surface area contributed by atoms with Crippen molar-refractivity contribution in [2.24, 2.45) is 0 Å². The molecule has 2 rings (SSSR count). The van der Waals surface area contributed by atoms with Gasteiger partial charge in [-0.1, -0.05) is 6.07 Å². The molecule has 1 aromatic carbocycles. The van der Waals surface area contributed by atoms with Gasteiger partial charge in [0, 0.05) is 43.9 Å². The minimum Gasteiger partial charge on any atom is -0.508 e.